The minimum absolute atomic E-state index is 0.0335. The molecule has 37 heavy (non-hydrogen) atoms. The number of hydrogen-bond acceptors (Lipinski definition) is 6. The molecule has 4 aromatic rings. The zero-order valence-electron chi connectivity index (χ0n) is 18.7. The van der Waals surface area contributed by atoms with Crippen molar-refractivity contribution in [2.45, 2.75) is 11.1 Å². The van der Waals surface area contributed by atoms with E-state index in [2.05, 4.69) is 26.3 Å². The first-order valence-electron chi connectivity index (χ1n) is 10.5. The average Bonchev–Trinajstić information content (AvgIpc) is 3.29. The van der Waals surface area contributed by atoms with Crippen LogP contribution in [0.15, 0.2) is 88.2 Å². The number of hydrogen-bond donors (Lipinski definition) is 3. The van der Waals surface area contributed by atoms with Gasteiger partial charge in [0.05, 0.1) is 16.3 Å². The number of rotatable bonds is 8. The number of aromatic nitrogens is 2. The number of sulfonamides is 1. The SMILES string of the molecule is NS(=O)(=O)c1ccc(-n2nc(C(=O)NC(O[PH](=O)O)c3ccc(Br)cc3)cc2-c2cccc(Cl)c2)cc1. The Bertz CT molecular complexity index is 1580. The molecule has 0 aliphatic rings. The lowest BCUT2D eigenvalue weighted by molar-refractivity contribution is 0.0817. The third kappa shape index (κ3) is 6.74. The first-order valence-corrected chi connectivity index (χ1v) is 14.4. The number of primary sulfonamides is 1. The van der Waals surface area contributed by atoms with Crippen molar-refractivity contribution in [1.82, 2.24) is 15.1 Å². The maximum Gasteiger partial charge on any atom is 0.318 e. The monoisotopic (exact) mass is 624 g/mol. The summed E-state index contributed by atoms with van der Waals surface area (Å²) in [7, 11) is -7.30. The molecule has 0 fully saturated rings. The summed E-state index contributed by atoms with van der Waals surface area (Å²) in [6.07, 6.45) is -1.22. The molecule has 1 amide bonds. The Morgan fingerprint density at radius 1 is 1.11 bits per heavy atom. The topological polar surface area (TPSA) is 154 Å². The van der Waals surface area contributed by atoms with Gasteiger partial charge in [0.1, 0.15) is 0 Å². The van der Waals surface area contributed by atoms with Crippen LogP contribution in [0.2, 0.25) is 5.02 Å². The molecule has 1 heterocycles. The van der Waals surface area contributed by atoms with Gasteiger partial charge in [-0.2, -0.15) is 5.10 Å². The zero-order chi connectivity index (χ0) is 26.7. The van der Waals surface area contributed by atoms with Crippen LogP contribution in [0.3, 0.4) is 0 Å². The Balaban J connectivity index is 1.74. The maximum atomic E-state index is 13.2. The molecule has 14 heteroatoms. The lowest BCUT2D eigenvalue weighted by atomic mass is 10.1. The number of amides is 1. The second-order valence-electron chi connectivity index (χ2n) is 7.66. The fourth-order valence-electron chi connectivity index (χ4n) is 3.43. The Morgan fingerprint density at radius 2 is 1.78 bits per heavy atom. The summed E-state index contributed by atoms with van der Waals surface area (Å²) in [5.41, 5.74) is 1.97. The minimum Gasteiger partial charge on any atom is -0.326 e. The van der Waals surface area contributed by atoms with Crippen molar-refractivity contribution < 1.29 is 27.2 Å². The van der Waals surface area contributed by atoms with Gasteiger partial charge in [0.25, 0.3) is 5.91 Å². The van der Waals surface area contributed by atoms with Crippen LogP contribution in [0.5, 0.6) is 0 Å². The predicted octanol–water partition coefficient (Wildman–Crippen LogP) is 4.43. The Hall–Kier alpha value is -2.83. The van der Waals surface area contributed by atoms with Gasteiger partial charge in [-0.05, 0) is 54.6 Å². The maximum absolute atomic E-state index is 13.2. The van der Waals surface area contributed by atoms with E-state index in [-0.39, 0.29) is 10.6 Å². The van der Waals surface area contributed by atoms with Gasteiger partial charge in [0.2, 0.25) is 10.0 Å². The molecule has 192 valence electrons. The molecule has 0 aliphatic heterocycles. The summed E-state index contributed by atoms with van der Waals surface area (Å²) in [6, 6.07) is 20.7. The molecule has 4 rings (SSSR count). The molecule has 0 bridgehead atoms. The van der Waals surface area contributed by atoms with Crippen molar-refractivity contribution in [2.24, 2.45) is 5.14 Å². The number of nitrogens with two attached hydrogens (primary N) is 1. The third-order valence-electron chi connectivity index (χ3n) is 5.13. The van der Waals surface area contributed by atoms with E-state index in [4.69, 9.17) is 21.3 Å². The smallest absolute Gasteiger partial charge is 0.318 e. The van der Waals surface area contributed by atoms with Crippen molar-refractivity contribution in [1.29, 1.82) is 0 Å². The van der Waals surface area contributed by atoms with Crippen LogP contribution in [0.25, 0.3) is 16.9 Å². The van der Waals surface area contributed by atoms with Gasteiger partial charge in [-0.3, -0.25) is 13.9 Å². The molecule has 3 aromatic carbocycles. The van der Waals surface area contributed by atoms with Gasteiger partial charge in [0, 0.05) is 20.6 Å². The number of nitrogens with one attached hydrogen (secondary N) is 1. The van der Waals surface area contributed by atoms with E-state index in [0.29, 0.717) is 27.5 Å². The molecule has 1 aromatic heterocycles. The Morgan fingerprint density at radius 3 is 2.38 bits per heavy atom. The molecular weight excluding hydrogens is 607 g/mol. The van der Waals surface area contributed by atoms with Gasteiger partial charge < -0.3 is 10.2 Å². The van der Waals surface area contributed by atoms with E-state index in [0.717, 1.165) is 4.47 Å². The van der Waals surface area contributed by atoms with Crippen LogP contribution in [0, 0.1) is 0 Å². The number of benzene rings is 3. The van der Waals surface area contributed by atoms with E-state index >= 15 is 0 Å². The van der Waals surface area contributed by atoms with E-state index in [9.17, 15) is 22.7 Å². The van der Waals surface area contributed by atoms with Crippen LogP contribution in [-0.4, -0.2) is 29.0 Å². The highest BCUT2D eigenvalue weighted by Crippen LogP contribution is 2.30. The standard InChI is InChI=1S/C23H19BrClN4O6PS/c24-16-6-4-14(5-7-16)23(35-36(31)32)27-22(30)20-13-21(15-2-1-3-17(25)12-15)29(28-20)18-8-10-19(11-9-18)37(26,33)34/h1-13,23,36H,(H,27,30)(H,31,32)(H2,26,33,34). The summed E-state index contributed by atoms with van der Waals surface area (Å²) in [5, 5.41) is 12.6. The zero-order valence-corrected chi connectivity index (χ0v) is 22.9. The molecule has 0 aliphatic carbocycles. The van der Waals surface area contributed by atoms with Crippen molar-refractivity contribution in [3.8, 4) is 16.9 Å². The van der Waals surface area contributed by atoms with Crippen molar-refractivity contribution in [3.63, 3.8) is 0 Å². The molecule has 0 spiro atoms. The summed E-state index contributed by atoms with van der Waals surface area (Å²) >= 11 is 9.48. The minimum atomic E-state index is -3.90. The fourth-order valence-corrected chi connectivity index (χ4v) is 4.80. The molecular formula is C23H19BrClN4O6PS. The number of nitrogens with zero attached hydrogens (tertiary/aromatic N) is 2. The van der Waals surface area contributed by atoms with Crippen LogP contribution in [0.4, 0.5) is 0 Å². The first kappa shape index (κ1) is 27.2. The van der Waals surface area contributed by atoms with Crippen LogP contribution in [-0.2, 0) is 19.1 Å². The van der Waals surface area contributed by atoms with E-state index < -0.39 is 30.4 Å². The molecule has 0 radical (unpaired) electrons. The highest BCUT2D eigenvalue weighted by molar-refractivity contribution is 9.10. The quantitative estimate of drug-likeness (QED) is 0.193. The van der Waals surface area contributed by atoms with Crippen LogP contribution < -0.4 is 10.5 Å². The molecule has 0 saturated heterocycles. The number of carbonyl (C=O) groups is 1. The lowest BCUT2D eigenvalue weighted by Crippen LogP contribution is -2.29. The lowest BCUT2D eigenvalue weighted by Gasteiger charge is -2.17. The average molecular weight is 626 g/mol. The van der Waals surface area contributed by atoms with Crippen LogP contribution in [0.1, 0.15) is 22.3 Å². The summed E-state index contributed by atoms with van der Waals surface area (Å²) < 4.78 is 42.0. The first-order chi connectivity index (χ1) is 17.5. The third-order valence-corrected chi connectivity index (χ3v) is 7.26. The highest BCUT2D eigenvalue weighted by atomic mass is 79.9. The summed E-state index contributed by atoms with van der Waals surface area (Å²) in [4.78, 5) is 22.5. The molecule has 2 unspecified atom stereocenters. The fraction of sp³-hybridized carbons (Fsp3) is 0.0435. The van der Waals surface area contributed by atoms with E-state index in [1.165, 1.54) is 35.0 Å². The van der Waals surface area contributed by atoms with Gasteiger partial charge in [0.15, 0.2) is 11.9 Å². The van der Waals surface area contributed by atoms with Crippen molar-refractivity contribution in [3.05, 3.63) is 99.6 Å². The number of halogens is 2. The van der Waals surface area contributed by atoms with E-state index in [1.54, 1.807) is 48.5 Å². The van der Waals surface area contributed by atoms with Gasteiger partial charge >= 0.3 is 8.25 Å². The molecule has 2 atom stereocenters. The van der Waals surface area contributed by atoms with Gasteiger partial charge in [-0.25, -0.2) is 18.2 Å². The second-order valence-corrected chi connectivity index (χ2v) is 11.3. The Kier molecular flexibility index (Phi) is 8.29. The normalized spacial score (nSPS) is 13.2. The van der Waals surface area contributed by atoms with E-state index in [1.807, 2.05) is 0 Å². The number of carbonyl (C=O) groups excluding carboxylic acids is 1. The van der Waals surface area contributed by atoms with Crippen LogP contribution >= 0.6 is 35.8 Å². The van der Waals surface area contributed by atoms with Gasteiger partial charge in [-0.1, -0.05) is 51.8 Å². The van der Waals surface area contributed by atoms with Gasteiger partial charge in [-0.15, -0.1) is 0 Å². The predicted molar refractivity (Wildman–Crippen MR) is 142 cm³/mol. The Labute approximate surface area is 226 Å². The van der Waals surface area contributed by atoms with Crippen molar-refractivity contribution in [2.75, 3.05) is 0 Å². The largest absolute Gasteiger partial charge is 0.326 e. The highest BCUT2D eigenvalue weighted by Gasteiger charge is 2.22. The molecule has 0 saturated carbocycles. The molecule has 4 N–H and O–H groups in total. The summed E-state index contributed by atoms with van der Waals surface area (Å²) in [6.45, 7) is 0. The second kappa shape index (κ2) is 11.3. The van der Waals surface area contributed by atoms with Crippen molar-refractivity contribution >= 4 is 51.7 Å². The molecule has 10 nitrogen and oxygen atoms in total. The summed E-state index contributed by atoms with van der Waals surface area (Å²) in [5.74, 6) is -0.681.